The van der Waals surface area contributed by atoms with Crippen molar-refractivity contribution in [3.8, 4) is 0 Å². The molecule has 25 heavy (non-hydrogen) atoms. The van der Waals surface area contributed by atoms with E-state index in [4.69, 9.17) is 0 Å². The van der Waals surface area contributed by atoms with Gasteiger partial charge in [-0.25, -0.2) is 4.98 Å². The molecule has 4 rings (SSSR count). The molecule has 0 N–H and O–H groups in total. The average molecular weight is 352 g/mol. The van der Waals surface area contributed by atoms with Crippen LogP contribution in [0, 0.1) is 0 Å². The predicted molar refractivity (Wildman–Crippen MR) is 98.8 cm³/mol. The summed E-state index contributed by atoms with van der Waals surface area (Å²) in [4.78, 5) is 23.5. The Morgan fingerprint density at radius 1 is 1.08 bits per heavy atom. The molecule has 0 aliphatic carbocycles. The lowest BCUT2D eigenvalue weighted by Gasteiger charge is -2.18. The fraction of sp³-hybridized carbons (Fsp3) is 0.316. The number of fused-ring (bicyclic) bond motifs is 1. The summed E-state index contributed by atoms with van der Waals surface area (Å²) in [5, 5.41) is 3.17. The van der Waals surface area contributed by atoms with Crippen LogP contribution in [0.25, 0.3) is 0 Å². The first-order valence-electron chi connectivity index (χ1n) is 8.51. The molecule has 0 radical (unpaired) electrons. The van der Waals surface area contributed by atoms with Crippen molar-refractivity contribution in [1.82, 2.24) is 19.4 Å². The van der Waals surface area contributed by atoms with Gasteiger partial charge in [0.15, 0.2) is 0 Å². The van der Waals surface area contributed by atoms with E-state index in [1.807, 2.05) is 40.5 Å². The molecule has 0 fully saturated rings. The van der Waals surface area contributed by atoms with Crippen molar-refractivity contribution in [3.05, 3.63) is 80.4 Å². The highest BCUT2D eigenvalue weighted by molar-refractivity contribution is 7.09. The number of rotatable bonds is 4. The molecule has 5 nitrogen and oxygen atoms in total. The van der Waals surface area contributed by atoms with Crippen LogP contribution in [0.3, 0.4) is 0 Å². The summed E-state index contributed by atoms with van der Waals surface area (Å²) < 4.78 is 1.92. The first kappa shape index (κ1) is 16.2. The van der Waals surface area contributed by atoms with Gasteiger partial charge < -0.3 is 4.57 Å². The van der Waals surface area contributed by atoms with Gasteiger partial charge in [0.05, 0.1) is 13.1 Å². The molecule has 0 spiro atoms. The van der Waals surface area contributed by atoms with Gasteiger partial charge in [-0.15, -0.1) is 11.3 Å². The molecule has 0 saturated heterocycles. The summed E-state index contributed by atoms with van der Waals surface area (Å²) >= 11 is 1.70. The first-order valence-corrected chi connectivity index (χ1v) is 9.39. The Labute approximate surface area is 150 Å². The van der Waals surface area contributed by atoms with Crippen LogP contribution in [-0.2, 0) is 25.9 Å². The van der Waals surface area contributed by atoms with Gasteiger partial charge in [0.1, 0.15) is 5.01 Å². The maximum Gasteiger partial charge on any atom is 0.251 e. The fourth-order valence-electron chi connectivity index (χ4n) is 3.37. The molecule has 0 aromatic carbocycles. The van der Waals surface area contributed by atoms with E-state index < -0.39 is 0 Å². The van der Waals surface area contributed by atoms with Crippen molar-refractivity contribution >= 4 is 11.3 Å². The molecule has 1 aliphatic heterocycles. The minimum absolute atomic E-state index is 0.0657. The highest BCUT2D eigenvalue weighted by Crippen LogP contribution is 2.18. The van der Waals surface area contributed by atoms with Gasteiger partial charge in [-0.2, -0.15) is 0 Å². The van der Waals surface area contributed by atoms with E-state index in [-0.39, 0.29) is 5.56 Å². The monoisotopic (exact) mass is 352 g/mol. The number of hydrogen-bond donors (Lipinski definition) is 0. The molecule has 4 heterocycles. The fourth-order valence-corrected chi connectivity index (χ4v) is 4.03. The van der Waals surface area contributed by atoms with Crippen LogP contribution in [0.5, 0.6) is 0 Å². The van der Waals surface area contributed by atoms with Crippen molar-refractivity contribution in [2.24, 2.45) is 0 Å². The molecule has 1 aliphatic rings. The second-order valence-electron chi connectivity index (χ2n) is 6.29. The Kier molecular flexibility index (Phi) is 4.72. The van der Waals surface area contributed by atoms with Gasteiger partial charge in [-0.1, -0.05) is 12.1 Å². The van der Waals surface area contributed by atoms with Gasteiger partial charge in [-0.05, 0) is 23.6 Å². The van der Waals surface area contributed by atoms with Crippen molar-refractivity contribution in [3.63, 3.8) is 0 Å². The SMILES string of the molecule is O=c1ccc2c(n1Cc1cccnc1)CCN(Cc1nccs1)CC2. The third-order valence-electron chi connectivity index (χ3n) is 4.66. The minimum Gasteiger partial charge on any atom is -0.308 e. The zero-order chi connectivity index (χ0) is 17.1. The minimum atomic E-state index is 0.0657. The van der Waals surface area contributed by atoms with E-state index in [0.717, 1.165) is 48.7 Å². The van der Waals surface area contributed by atoms with Crippen molar-refractivity contribution in [2.75, 3.05) is 13.1 Å². The molecule has 0 unspecified atom stereocenters. The Bertz CT molecular complexity index is 890. The molecule has 6 heteroatoms. The normalized spacial score (nSPS) is 14.9. The standard InChI is InChI=1S/C19H20N4OS/c24-19-4-3-16-5-9-22(14-18-21-8-11-25-18)10-6-17(16)23(19)13-15-2-1-7-20-12-15/h1-4,7-8,11-12H,5-6,9-10,13-14H2. The van der Waals surface area contributed by atoms with E-state index in [1.54, 1.807) is 23.6 Å². The number of nitrogens with zero attached hydrogens (tertiary/aromatic N) is 4. The molecule has 0 saturated carbocycles. The van der Waals surface area contributed by atoms with Crippen LogP contribution in [0.2, 0.25) is 0 Å². The quantitative estimate of drug-likeness (QED) is 0.723. The number of hydrogen-bond acceptors (Lipinski definition) is 5. The highest BCUT2D eigenvalue weighted by Gasteiger charge is 2.18. The van der Waals surface area contributed by atoms with Crippen LogP contribution in [0.15, 0.2) is 53.0 Å². The van der Waals surface area contributed by atoms with Crippen molar-refractivity contribution < 1.29 is 0 Å². The third kappa shape index (κ3) is 3.70. The summed E-state index contributed by atoms with van der Waals surface area (Å²) in [7, 11) is 0. The van der Waals surface area contributed by atoms with E-state index in [2.05, 4.69) is 14.9 Å². The predicted octanol–water partition coefficient (Wildman–Crippen LogP) is 2.35. The summed E-state index contributed by atoms with van der Waals surface area (Å²) in [6.45, 7) is 3.42. The van der Waals surface area contributed by atoms with E-state index in [0.29, 0.717) is 6.54 Å². The van der Waals surface area contributed by atoms with E-state index in [9.17, 15) is 4.79 Å². The van der Waals surface area contributed by atoms with E-state index >= 15 is 0 Å². The van der Waals surface area contributed by atoms with Gasteiger partial charge in [0, 0.05) is 55.2 Å². The number of thiazole rings is 1. The summed E-state index contributed by atoms with van der Waals surface area (Å²) in [6.07, 6.45) is 7.30. The summed E-state index contributed by atoms with van der Waals surface area (Å²) in [5.41, 5.74) is 3.57. The van der Waals surface area contributed by atoms with Gasteiger partial charge in [-0.3, -0.25) is 14.7 Å². The maximum absolute atomic E-state index is 12.5. The average Bonchev–Trinajstić information content (AvgIpc) is 3.06. The molecule has 0 amide bonds. The molecule has 0 atom stereocenters. The van der Waals surface area contributed by atoms with Crippen LogP contribution < -0.4 is 5.56 Å². The smallest absolute Gasteiger partial charge is 0.251 e. The zero-order valence-corrected chi connectivity index (χ0v) is 14.8. The molecule has 3 aromatic heterocycles. The Morgan fingerprint density at radius 2 is 2.00 bits per heavy atom. The van der Waals surface area contributed by atoms with Crippen LogP contribution >= 0.6 is 11.3 Å². The van der Waals surface area contributed by atoms with E-state index in [1.165, 1.54) is 5.56 Å². The Hall–Kier alpha value is -2.31. The molecule has 3 aromatic rings. The maximum atomic E-state index is 12.5. The summed E-state index contributed by atoms with van der Waals surface area (Å²) in [6, 6.07) is 7.64. The first-order chi connectivity index (χ1) is 12.3. The zero-order valence-electron chi connectivity index (χ0n) is 14.0. The van der Waals surface area contributed by atoms with Gasteiger partial charge in [0.25, 0.3) is 5.56 Å². The second kappa shape index (κ2) is 7.29. The Morgan fingerprint density at radius 3 is 2.80 bits per heavy atom. The molecular weight excluding hydrogens is 332 g/mol. The van der Waals surface area contributed by atoms with Crippen molar-refractivity contribution in [2.45, 2.75) is 25.9 Å². The largest absolute Gasteiger partial charge is 0.308 e. The molecular formula is C19H20N4OS. The summed E-state index contributed by atoms with van der Waals surface area (Å²) in [5.74, 6) is 0. The lowest BCUT2D eigenvalue weighted by Crippen LogP contribution is -2.27. The lowest BCUT2D eigenvalue weighted by molar-refractivity contribution is 0.278. The molecule has 0 bridgehead atoms. The van der Waals surface area contributed by atoms with Crippen LogP contribution in [0.1, 0.15) is 21.8 Å². The highest BCUT2D eigenvalue weighted by atomic mass is 32.1. The van der Waals surface area contributed by atoms with Crippen LogP contribution in [0.4, 0.5) is 0 Å². The number of aromatic nitrogens is 3. The van der Waals surface area contributed by atoms with Crippen molar-refractivity contribution in [1.29, 1.82) is 0 Å². The second-order valence-corrected chi connectivity index (χ2v) is 7.27. The third-order valence-corrected chi connectivity index (χ3v) is 5.42. The lowest BCUT2D eigenvalue weighted by atomic mass is 10.1. The Balaban J connectivity index is 1.58. The van der Waals surface area contributed by atoms with Gasteiger partial charge in [0.2, 0.25) is 0 Å². The number of pyridine rings is 2. The molecule has 128 valence electrons. The van der Waals surface area contributed by atoms with Crippen LogP contribution in [-0.4, -0.2) is 32.5 Å². The topological polar surface area (TPSA) is 51.0 Å². The van der Waals surface area contributed by atoms with Gasteiger partial charge >= 0.3 is 0 Å².